The number of nitrogens with zero attached hydrogens (tertiary/aromatic N) is 1. The number of aromatic nitrogens is 1. The van der Waals surface area contributed by atoms with Crippen molar-refractivity contribution in [1.29, 1.82) is 0 Å². The van der Waals surface area contributed by atoms with Crippen molar-refractivity contribution < 1.29 is 18.3 Å². The predicted octanol–water partition coefficient (Wildman–Crippen LogP) is 3.34. The monoisotopic (exact) mass is 281 g/mol. The van der Waals surface area contributed by atoms with Gasteiger partial charge in [-0.15, -0.1) is 0 Å². The van der Waals surface area contributed by atoms with E-state index in [1.165, 1.54) is 0 Å². The molecule has 0 spiro atoms. The highest BCUT2D eigenvalue weighted by atomic mass is 19.2. The highest BCUT2D eigenvalue weighted by Crippen LogP contribution is 2.22. The van der Waals surface area contributed by atoms with E-state index < -0.39 is 23.6 Å². The minimum absolute atomic E-state index is 0.0113. The van der Waals surface area contributed by atoms with E-state index in [2.05, 4.69) is 4.98 Å². The van der Waals surface area contributed by atoms with Crippen molar-refractivity contribution >= 4 is 0 Å². The quantitative estimate of drug-likeness (QED) is 0.872. The van der Waals surface area contributed by atoms with E-state index in [0.29, 0.717) is 5.69 Å². The van der Waals surface area contributed by atoms with Crippen LogP contribution in [0.5, 0.6) is 0 Å². The first-order chi connectivity index (χ1) is 9.51. The van der Waals surface area contributed by atoms with Crippen LogP contribution in [0, 0.1) is 17.5 Å². The molecule has 1 aromatic heterocycles. The van der Waals surface area contributed by atoms with Crippen LogP contribution in [0.3, 0.4) is 0 Å². The van der Waals surface area contributed by atoms with Crippen LogP contribution < -0.4 is 0 Å². The third-order valence-corrected chi connectivity index (χ3v) is 3.09. The van der Waals surface area contributed by atoms with Crippen LogP contribution >= 0.6 is 0 Å². The van der Waals surface area contributed by atoms with Crippen LogP contribution in [-0.2, 0) is 12.8 Å². The van der Waals surface area contributed by atoms with Gasteiger partial charge in [0.05, 0.1) is 6.10 Å². The van der Waals surface area contributed by atoms with E-state index >= 15 is 0 Å². The summed E-state index contributed by atoms with van der Waals surface area (Å²) < 4.78 is 39.0. The van der Waals surface area contributed by atoms with Gasteiger partial charge in [0, 0.05) is 18.3 Å². The normalized spacial score (nSPS) is 12.4. The summed E-state index contributed by atoms with van der Waals surface area (Å²) in [7, 11) is 0. The Bertz CT molecular complexity index is 576. The number of hydrogen-bond donors (Lipinski definition) is 1. The number of aryl methyl sites for hydroxylation is 1. The van der Waals surface area contributed by atoms with Crippen molar-refractivity contribution in [3.63, 3.8) is 0 Å². The molecule has 0 saturated carbocycles. The molecule has 0 aliphatic carbocycles. The molecule has 1 atom stereocenters. The Morgan fingerprint density at radius 1 is 1.15 bits per heavy atom. The summed E-state index contributed by atoms with van der Waals surface area (Å²) in [5, 5.41) is 9.94. The lowest BCUT2D eigenvalue weighted by atomic mass is 10.0. The number of benzene rings is 1. The number of rotatable bonds is 4. The smallest absolute Gasteiger partial charge is 0.194 e. The average molecular weight is 281 g/mol. The van der Waals surface area contributed by atoms with Gasteiger partial charge in [-0.25, -0.2) is 13.2 Å². The highest BCUT2D eigenvalue weighted by Gasteiger charge is 2.16. The van der Waals surface area contributed by atoms with Crippen molar-refractivity contribution in [3.8, 4) is 0 Å². The summed E-state index contributed by atoms with van der Waals surface area (Å²) in [5.41, 5.74) is 1.64. The Labute approximate surface area is 114 Å². The molecule has 0 fully saturated rings. The van der Waals surface area contributed by atoms with Gasteiger partial charge >= 0.3 is 0 Å². The zero-order chi connectivity index (χ0) is 14.7. The molecule has 20 heavy (non-hydrogen) atoms. The van der Waals surface area contributed by atoms with Gasteiger partial charge in [-0.05, 0) is 35.7 Å². The zero-order valence-corrected chi connectivity index (χ0v) is 10.9. The summed E-state index contributed by atoms with van der Waals surface area (Å²) in [4.78, 5) is 4.16. The molecule has 1 unspecified atom stereocenters. The minimum Gasteiger partial charge on any atom is -0.388 e. The predicted molar refractivity (Wildman–Crippen MR) is 68.6 cm³/mol. The van der Waals surface area contributed by atoms with Gasteiger partial charge in [-0.1, -0.05) is 13.0 Å². The number of aliphatic hydroxyl groups is 1. The largest absolute Gasteiger partial charge is 0.388 e. The first-order valence-corrected chi connectivity index (χ1v) is 6.27. The number of hydrogen-bond acceptors (Lipinski definition) is 2. The molecule has 0 saturated heterocycles. The van der Waals surface area contributed by atoms with Gasteiger partial charge in [-0.2, -0.15) is 0 Å². The van der Waals surface area contributed by atoms with Gasteiger partial charge in [-0.3, -0.25) is 4.98 Å². The van der Waals surface area contributed by atoms with Gasteiger partial charge in [0.15, 0.2) is 17.5 Å². The second-order valence-corrected chi connectivity index (χ2v) is 4.53. The maximum atomic E-state index is 13.1. The van der Waals surface area contributed by atoms with E-state index in [1.807, 2.05) is 13.0 Å². The van der Waals surface area contributed by atoms with Crippen LogP contribution in [0.15, 0.2) is 30.5 Å². The molecule has 2 aromatic rings. The molecule has 0 amide bonds. The van der Waals surface area contributed by atoms with Crippen LogP contribution in [0.4, 0.5) is 13.2 Å². The van der Waals surface area contributed by atoms with E-state index in [4.69, 9.17) is 0 Å². The Kier molecular flexibility index (Phi) is 4.39. The zero-order valence-electron chi connectivity index (χ0n) is 10.9. The van der Waals surface area contributed by atoms with Crippen molar-refractivity contribution in [1.82, 2.24) is 4.98 Å². The molecule has 1 aromatic carbocycles. The Balaban J connectivity index is 2.16. The summed E-state index contributed by atoms with van der Waals surface area (Å²) >= 11 is 0. The van der Waals surface area contributed by atoms with Gasteiger partial charge in [0.1, 0.15) is 0 Å². The Morgan fingerprint density at radius 3 is 2.30 bits per heavy atom. The molecule has 0 bridgehead atoms. The van der Waals surface area contributed by atoms with E-state index in [0.717, 1.165) is 24.1 Å². The molecule has 5 heteroatoms. The highest BCUT2D eigenvalue weighted by molar-refractivity contribution is 5.23. The van der Waals surface area contributed by atoms with Crippen LogP contribution in [0.1, 0.15) is 29.8 Å². The first-order valence-electron chi connectivity index (χ1n) is 6.27. The average Bonchev–Trinajstić information content (AvgIpc) is 2.45. The topological polar surface area (TPSA) is 33.1 Å². The molecule has 0 aliphatic heterocycles. The summed E-state index contributed by atoms with van der Waals surface area (Å²) in [5.74, 6) is -4.16. The maximum Gasteiger partial charge on any atom is 0.194 e. The number of aliphatic hydroxyl groups excluding tert-OH is 1. The molecule has 1 heterocycles. The van der Waals surface area contributed by atoms with Gasteiger partial charge in [0.25, 0.3) is 0 Å². The summed E-state index contributed by atoms with van der Waals surface area (Å²) in [6, 6.07) is 5.21. The second kappa shape index (κ2) is 6.05. The lowest BCUT2D eigenvalue weighted by molar-refractivity contribution is 0.176. The lowest BCUT2D eigenvalue weighted by Gasteiger charge is -2.11. The fourth-order valence-electron chi connectivity index (χ4n) is 1.87. The summed E-state index contributed by atoms with van der Waals surface area (Å²) in [6.07, 6.45) is 1.51. The standard InChI is InChI=1S/C15H14F3NO/c1-2-9-3-4-11(19-8-9)7-14(20)10-5-12(16)15(18)13(17)6-10/h3-6,8,14,20H,2,7H2,1H3. The van der Waals surface area contributed by atoms with Crippen LogP contribution in [-0.4, -0.2) is 10.1 Å². The van der Waals surface area contributed by atoms with Crippen molar-refractivity contribution in [3.05, 3.63) is 64.7 Å². The molecule has 2 nitrogen and oxygen atoms in total. The van der Waals surface area contributed by atoms with Crippen molar-refractivity contribution in [2.45, 2.75) is 25.9 Å². The van der Waals surface area contributed by atoms with Gasteiger partial charge in [0.2, 0.25) is 0 Å². The lowest BCUT2D eigenvalue weighted by Crippen LogP contribution is -2.06. The SMILES string of the molecule is CCc1ccc(CC(O)c2cc(F)c(F)c(F)c2)nc1. The molecular weight excluding hydrogens is 267 g/mol. The van der Waals surface area contributed by atoms with Crippen LogP contribution in [0.25, 0.3) is 0 Å². The van der Waals surface area contributed by atoms with Crippen molar-refractivity contribution in [2.75, 3.05) is 0 Å². The molecule has 1 N–H and O–H groups in total. The fourth-order valence-corrected chi connectivity index (χ4v) is 1.87. The first kappa shape index (κ1) is 14.5. The number of pyridine rings is 1. The second-order valence-electron chi connectivity index (χ2n) is 4.53. The Morgan fingerprint density at radius 2 is 1.80 bits per heavy atom. The van der Waals surface area contributed by atoms with Gasteiger partial charge < -0.3 is 5.11 Å². The Hall–Kier alpha value is -1.88. The van der Waals surface area contributed by atoms with E-state index in [-0.39, 0.29) is 12.0 Å². The minimum atomic E-state index is -1.54. The van der Waals surface area contributed by atoms with E-state index in [9.17, 15) is 18.3 Å². The maximum absolute atomic E-state index is 13.1. The molecule has 106 valence electrons. The van der Waals surface area contributed by atoms with Crippen LogP contribution in [0.2, 0.25) is 0 Å². The molecular formula is C15H14F3NO. The fraction of sp³-hybridized carbons (Fsp3) is 0.267. The molecule has 0 radical (unpaired) electrons. The number of halogens is 3. The molecule has 2 rings (SSSR count). The summed E-state index contributed by atoms with van der Waals surface area (Å²) in [6.45, 7) is 2.00. The van der Waals surface area contributed by atoms with Crippen molar-refractivity contribution in [2.24, 2.45) is 0 Å². The third kappa shape index (κ3) is 3.17. The van der Waals surface area contributed by atoms with E-state index in [1.54, 1.807) is 12.3 Å². The molecule has 0 aliphatic rings. The third-order valence-electron chi connectivity index (χ3n) is 3.09.